The lowest BCUT2D eigenvalue weighted by Crippen LogP contribution is -2.45. The van der Waals surface area contributed by atoms with Crippen LogP contribution in [0, 0.1) is 11.6 Å². The summed E-state index contributed by atoms with van der Waals surface area (Å²) in [5.41, 5.74) is -0.812. The van der Waals surface area contributed by atoms with Gasteiger partial charge in [-0.2, -0.15) is 0 Å². The summed E-state index contributed by atoms with van der Waals surface area (Å²) in [6.07, 6.45) is 0. The molecule has 2 amide bonds. The Hall–Kier alpha value is -1.69. The maximum absolute atomic E-state index is 13.6. The first kappa shape index (κ1) is 16.4. The zero-order chi connectivity index (χ0) is 15.5. The summed E-state index contributed by atoms with van der Waals surface area (Å²) in [5, 5.41) is 12.2. The van der Waals surface area contributed by atoms with Crippen molar-refractivity contribution in [3.63, 3.8) is 0 Å². The molecule has 0 fully saturated rings. The van der Waals surface area contributed by atoms with Crippen LogP contribution in [0.15, 0.2) is 18.2 Å². The van der Waals surface area contributed by atoms with Gasteiger partial charge < -0.3 is 15.3 Å². The molecule has 0 aliphatic carbocycles. The monoisotopic (exact) mass is 286 g/mol. The van der Waals surface area contributed by atoms with Crippen molar-refractivity contribution in [3.05, 3.63) is 35.4 Å². The molecule has 0 bridgehead atoms. The molecule has 0 heterocycles. The molecule has 4 nitrogen and oxygen atoms in total. The highest BCUT2D eigenvalue weighted by Crippen LogP contribution is 2.18. The minimum absolute atomic E-state index is 0.136. The van der Waals surface area contributed by atoms with E-state index in [1.807, 2.05) is 0 Å². The number of nitrogens with zero attached hydrogens (tertiary/aromatic N) is 1. The smallest absolute Gasteiger partial charge is 0.317 e. The van der Waals surface area contributed by atoms with Crippen LogP contribution in [0.2, 0.25) is 0 Å². The van der Waals surface area contributed by atoms with Crippen LogP contribution < -0.4 is 5.32 Å². The number of hydrogen-bond donors (Lipinski definition) is 2. The Morgan fingerprint density at radius 2 is 2.05 bits per heavy atom. The molecule has 0 saturated heterocycles. The normalized spacial score (nSPS) is 12.9. The number of halogens is 2. The number of rotatable bonds is 4. The van der Waals surface area contributed by atoms with Crippen LogP contribution >= 0.6 is 0 Å². The molecule has 0 aliphatic heterocycles. The van der Waals surface area contributed by atoms with E-state index in [1.165, 1.54) is 18.0 Å². The molecule has 0 spiro atoms. The Balaban J connectivity index is 2.70. The number of urea groups is 1. The number of likely N-dealkylation sites (N-methyl/N-ethyl adjacent to an activating group) is 1. The number of benzene rings is 1. The average Bonchev–Trinajstić information content (AvgIpc) is 2.26. The first-order valence-corrected chi connectivity index (χ1v) is 6.29. The molecule has 112 valence electrons. The van der Waals surface area contributed by atoms with E-state index in [1.54, 1.807) is 20.8 Å². The number of hydrogen-bond acceptors (Lipinski definition) is 2. The van der Waals surface area contributed by atoms with Crippen molar-refractivity contribution in [1.82, 2.24) is 10.2 Å². The molecule has 0 radical (unpaired) electrons. The quantitative estimate of drug-likeness (QED) is 0.893. The van der Waals surface area contributed by atoms with Crippen molar-refractivity contribution in [2.24, 2.45) is 0 Å². The molecule has 1 aromatic rings. The average molecular weight is 286 g/mol. The third kappa shape index (κ3) is 4.77. The lowest BCUT2D eigenvalue weighted by molar-refractivity contribution is 0.0528. The van der Waals surface area contributed by atoms with Gasteiger partial charge >= 0.3 is 6.03 Å². The molecular formula is C14H20F2N2O2. The van der Waals surface area contributed by atoms with Crippen molar-refractivity contribution < 1.29 is 18.7 Å². The third-order valence-corrected chi connectivity index (χ3v) is 2.74. The van der Waals surface area contributed by atoms with Gasteiger partial charge in [0.2, 0.25) is 0 Å². The molecule has 0 aliphatic rings. The third-order valence-electron chi connectivity index (χ3n) is 2.74. The topological polar surface area (TPSA) is 52.6 Å². The van der Waals surface area contributed by atoms with Gasteiger partial charge in [-0.3, -0.25) is 0 Å². The van der Waals surface area contributed by atoms with E-state index in [4.69, 9.17) is 0 Å². The zero-order valence-corrected chi connectivity index (χ0v) is 12.1. The zero-order valence-electron chi connectivity index (χ0n) is 12.1. The van der Waals surface area contributed by atoms with Gasteiger partial charge in [-0.25, -0.2) is 13.6 Å². The lowest BCUT2D eigenvalue weighted by atomic mass is 10.1. The fraction of sp³-hybridized carbons (Fsp3) is 0.500. The number of nitrogens with one attached hydrogen (secondary N) is 1. The Bertz CT molecular complexity index is 487. The van der Waals surface area contributed by atoms with Crippen LogP contribution in [-0.2, 0) is 0 Å². The largest absolute Gasteiger partial charge is 0.389 e. The first-order chi connectivity index (χ1) is 9.10. The van der Waals surface area contributed by atoms with Crippen LogP contribution in [0.25, 0.3) is 0 Å². The van der Waals surface area contributed by atoms with E-state index >= 15 is 0 Å². The van der Waals surface area contributed by atoms with E-state index in [2.05, 4.69) is 5.32 Å². The van der Waals surface area contributed by atoms with E-state index in [0.29, 0.717) is 0 Å². The molecule has 1 aromatic carbocycles. The van der Waals surface area contributed by atoms with Crippen LogP contribution in [0.3, 0.4) is 0 Å². The predicted molar refractivity (Wildman–Crippen MR) is 72.2 cm³/mol. The SMILES string of the molecule is CC(NC(=O)N(C)CC(C)(C)O)c1ccc(F)cc1F. The fourth-order valence-electron chi connectivity index (χ4n) is 1.88. The molecule has 1 unspecified atom stereocenters. The van der Waals surface area contributed by atoms with Gasteiger partial charge in [-0.1, -0.05) is 6.07 Å². The number of amides is 2. The van der Waals surface area contributed by atoms with Crippen LogP contribution in [0.1, 0.15) is 32.4 Å². The van der Waals surface area contributed by atoms with Crippen molar-refractivity contribution in [2.45, 2.75) is 32.4 Å². The van der Waals surface area contributed by atoms with Crippen LogP contribution in [-0.4, -0.2) is 35.2 Å². The molecule has 1 atom stereocenters. The highest BCUT2D eigenvalue weighted by atomic mass is 19.1. The van der Waals surface area contributed by atoms with Crippen LogP contribution in [0.5, 0.6) is 0 Å². The molecular weight excluding hydrogens is 266 g/mol. The van der Waals surface area contributed by atoms with Gasteiger partial charge in [0.1, 0.15) is 11.6 Å². The minimum Gasteiger partial charge on any atom is -0.389 e. The van der Waals surface area contributed by atoms with E-state index in [0.717, 1.165) is 12.1 Å². The van der Waals surface area contributed by atoms with Crippen molar-refractivity contribution in [3.8, 4) is 0 Å². The van der Waals surface area contributed by atoms with E-state index < -0.39 is 29.3 Å². The van der Waals surface area contributed by atoms with Crippen molar-refractivity contribution >= 4 is 6.03 Å². The summed E-state index contributed by atoms with van der Waals surface area (Å²) in [6.45, 7) is 4.91. The van der Waals surface area contributed by atoms with E-state index in [9.17, 15) is 18.7 Å². The summed E-state index contributed by atoms with van der Waals surface area (Å²) in [7, 11) is 1.53. The lowest BCUT2D eigenvalue weighted by Gasteiger charge is -2.27. The van der Waals surface area contributed by atoms with Crippen LogP contribution in [0.4, 0.5) is 13.6 Å². The Morgan fingerprint density at radius 3 is 2.55 bits per heavy atom. The Morgan fingerprint density at radius 1 is 1.45 bits per heavy atom. The summed E-state index contributed by atoms with van der Waals surface area (Å²) >= 11 is 0. The van der Waals surface area contributed by atoms with Crippen molar-refractivity contribution in [2.75, 3.05) is 13.6 Å². The van der Waals surface area contributed by atoms with Gasteiger partial charge in [-0.05, 0) is 26.8 Å². The summed E-state index contributed by atoms with van der Waals surface area (Å²) in [5.74, 6) is -1.37. The second-order valence-corrected chi connectivity index (χ2v) is 5.51. The Kier molecular flexibility index (Phi) is 5.05. The molecule has 1 rings (SSSR count). The summed E-state index contributed by atoms with van der Waals surface area (Å²) in [4.78, 5) is 13.2. The molecule has 2 N–H and O–H groups in total. The summed E-state index contributed by atoms with van der Waals surface area (Å²) in [6, 6.07) is 2.17. The standard InChI is InChI=1S/C14H20F2N2O2/c1-9(11-6-5-10(15)7-12(11)16)17-13(19)18(4)8-14(2,3)20/h5-7,9,20H,8H2,1-4H3,(H,17,19). The number of carbonyl (C=O) groups is 1. The second kappa shape index (κ2) is 6.17. The van der Waals surface area contributed by atoms with Gasteiger partial charge in [0.15, 0.2) is 0 Å². The van der Waals surface area contributed by atoms with Gasteiger partial charge in [0.25, 0.3) is 0 Å². The molecule has 0 saturated carbocycles. The summed E-state index contributed by atoms with van der Waals surface area (Å²) < 4.78 is 26.4. The predicted octanol–water partition coefficient (Wildman–Crippen LogP) is 2.44. The van der Waals surface area contributed by atoms with Gasteiger partial charge in [0, 0.05) is 18.7 Å². The fourth-order valence-corrected chi connectivity index (χ4v) is 1.88. The second-order valence-electron chi connectivity index (χ2n) is 5.51. The highest BCUT2D eigenvalue weighted by Gasteiger charge is 2.21. The number of aliphatic hydroxyl groups is 1. The molecule has 20 heavy (non-hydrogen) atoms. The first-order valence-electron chi connectivity index (χ1n) is 6.29. The van der Waals surface area contributed by atoms with E-state index in [-0.39, 0.29) is 12.1 Å². The van der Waals surface area contributed by atoms with Gasteiger partial charge in [0.05, 0.1) is 18.2 Å². The molecule has 0 aromatic heterocycles. The maximum atomic E-state index is 13.6. The molecule has 6 heteroatoms. The minimum atomic E-state index is -1.02. The highest BCUT2D eigenvalue weighted by molar-refractivity contribution is 5.74. The Labute approximate surface area is 117 Å². The van der Waals surface area contributed by atoms with Gasteiger partial charge in [-0.15, -0.1) is 0 Å². The number of carbonyl (C=O) groups excluding carboxylic acids is 1. The van der Waals surface area contributed by atoms with Crippen molar-refractivity contribution in [1.29, 1.82) is 0 Å². The maximum Gasteiger partial charge on any atom is 0.317 e.